The van der Waals surface area contributed by atoms with Gasteiger partial charge in [-0.2, -0.15) is 4.98 Å². The summed E-state index contributed by atoms with van der Waals surface area (Å²) >= 11 is 1.64. The number of piperazine rings is 1. The molecule has 0 amide bonds. The summed E-state index contributed by atoms with van der Waals surface area (Å²) in [5, 5.41) is 14.1. The van der Waals surface area contributed by atoms with Crippen LogP contribution in [0.15, 0.2) is 4.52 Å². The minimum absolute atomic E-state index is 0.383. The summed E-state index contributed by atoms with van der Waals surface area (Å²) in [6.07, 6.45) is 0. The van der Waals surface area contributed by atoms with Crippen molar-refractivity contribution in [2.45, 2.75) is 20.1 Å². The van der Waals surface area contributed by atoms with Crippen LogP contribution in [0.5, 0.6) is 0 Å². The topological polar surface area (TPSA) is 80.4 Å². The van der Waals surface area contributed by atoms with Gasteiger partial charge >= 0.3 is 0 Å². The Morgan fingerprint density at radius 3 is 2.71 bits per heavy atom. The van der Waals surface area contributed by atoms with Crippen LogP contribution in [0.1, 0.15) is 16.7 Å². The van der Waals surface area contributed by atoms with Crippen LogP contribution in [-0.4, -0.2) is 58.5 Å². The van der Waals surface area contributed by atoms with Gasteiger partial charge in [-0.3, -0.25) is 4.90 Å². The van der Waals surface area contributed by atoms with E-state index in [1.54, 1.807) is 18.4 Å². The Labute approximate surface area is 126 Å². The number of hydrogen-bond donors (Lipinski definition) is 0. The minimum atomic E-state index is 0.383. The Morgan fingerprint density at radius 2 is 2.05 bits per heavy atom. The van der Waals surface area contributed by atoms with Crippen LogP contribution >= 0.6 is 11.3 Å². The fourth-order valence-corrected chi connectivity index (χ4v) is 2.98. The lowest BCUT2D eigenvalue weighted by Crippen LogP contribution is -2.46. The van der Waals surface area contributed by atoms with E-state index in [0.29, 0.717) is 24.9 Å². The first-order chi connectivity index (χ1) is 10.2. The van der Waals surface area contributed by atoms with Crippen LogP contribution < -0.4 is 4.90 Å². The molecule has 3 rings (SSSR count). The summed E-state index contributed by atoms with van der Waals surface area (Å²) in [6.45, 7) is 6.81. The number of methoxy groups -OCH3 is 1. The third-order valence-electron chi connectivity index (χ3n) is 3.30. The molecule has 9 heteroatoms. The zero-order valence-electron chi connectivity index (χ0n) is 12.2. The molecule has 1 fully saturated rings. The first-order valence-electron chi connectivity index (χ1n) is 6.82. The zero-order chi connectivity index (χ0) is 14.7. The van der Waals surface area contributed by atoms with Crippen molar-refractivity contribution < 1.29 is 9.26 Å². The monoisotopic (exact) mass is 310 g/mol. The normalized spacial score (nSPS) is 16.6. The largest absolute Gasteiger partial charge is 0.377 e. The lowest BCUT2D eigenvalue weighted by Gasteiger charge is -2.33. The summed E-state index contributed by atoms with van der Waals surface area (Å²) in [5.74, 6) is 1.23. The van der Waals surface area contributed by atoms with Crippen LogP contribution in [0.25, 0.3) is 0 Å². The molecule has 2 aromatic rings. The summed E-state index contributed by atoms with van der Waals surface area (Å²) in [5.41, 5.74) is 0. The summed E-state index contributed by atoms with van der Waals surface area (Å²) in [7, 11) is 1.62. The van der Waals surface area contributed by atoms with Gasteiger partial charge in [-0.15, -0.1) is 10.2 Å². The van der Waals surface area contributed by atoms with E-state index < -0.39 is 0 Å². The molecular formula is C12H18N6O2S. The number of rotatable bonds is 5. The van der Waals surface area contributed by atoms with Gasteiger partial charge in [0, 0.05) is 33.3 Å². The molecule has 1 aliphatic rings. The number of aromatic nitrogens is 4. The second-order valence-corrected chi connectivity index (χ2v) is 6.06. The van der Waals surface area contributed by atoms with Gasteiger partial charge in [-0.05, 0) is 6.92 Å². The lowest BCUT2D eigenvalue weighted by molar-refractivity contribution is 0.174. The first kappa shape index (κ1) is 14.4. The molecule has 0 spiro atoms. The van der Waals surface area contributed by atoms with Crippen molar-refractivity contribution in [2.24, 2.45) is 0 Å². The van der Waals surface area contributed by atoms with E-state index >= 15 is 0 Å². The highest BCUT2D eigenvalue weighted by molar-refractivity contribution is 7.15. The van der Waals surface area contributed by atoms with Crippen molar-refractivity contribution in [2.75, 3.05) is 38.2 Å². The molecule has 0 aromatic carbocycles. The highest BCUT2D eigenvalue weighted by Crippen LogP contribution is 2.21. The van der Waals surface area contributed by atoms with E-state index in [-0.39, 0.29) is 0 Å². The molecule has 114 valence electrons. The Morgan fingerprint density at radius 1 is 1.24 bits per heavy atom. The average molecular weight is 310 g/mol. The first-order valence-corrected chi connectivity index (χ1v) is 7.64. The van der Waals surface area contributed by atoms with Crippen LogP contribution in [-0.2, 0) is 17.9 Å². The van der Waals surface area contributed by atoms with Crippen LogP contribution in [0, 0.1) is 6.92 Å². The van der Waals surface area contributed by atoms with E-state index in [1.807, 2.05) is 6.92 Å². The molecule has 0 atom stereocenters. The molecule has 0 aliphatic carbocycles. The van der Waals surface area contributed by atoms with Gasteiger partial charge in [0.1, 0.15) is 11.6 Å². The maximum absolute atomic E-state index is 5.22. The summed E-state index contributed by atoms with van der Waals surface area (Å²) < 4.78 is 10.2. The fraction of sp³-hybridized carbons (Fsp3) is 0.667. The number of hydrogen-bond acceptors (Lipinski definition) is 9. The van der Waals surface area contributed by atoms with E-state index in [0.717, 1.165) is 36.3 Å². The molecule has 21 heavy (non-hydrogen) atoms. The van der Waals surface area contributed by atoms with Crippen molar-refractivity contribution in [3.8, 4) is 0 Å². The molecule has 3 heterocycles. The highest BCUT2D eigenvalue weighted by atomic mass is 32.1. The number of anilines is 1. The summed E-state index contributed by atoms with van der Waals surface area (Å²) in [4.78, 5) is 8.87. The van der Waals surface area contributed by atoms with Crippen molar-refractivity contribution >= 4 is 16.5 Å². The van der Waals surface area contributed by atoms with Crippen molar-refractivity contribution in [3.63, 3.8) is 0 Å². The van der Waals surface area contributed by atoms with E-state index in [4.69, 9.17) is 9.26 Å². The molecule has 1 saturated heterocycles. The predicted molar refractivity (Wildman–Crippen MR) is 77.1 cm³/mol. The van der Waals surface area contributed by atoms with Gasteiger partial charge in [0.25, 0.3) is 0 Å². The van der Waals surface area contributed by atoms with Gasteiger partial charge in [-0.25, -0.2) is 0 Å². The van der Waals surface area contributed by atoms with E-state index in [2.05, 4.69) is 30.1 Å². The molecule has 0 radical (unpaired) electrons. The number of nitrogens with zero attached hydrogens (tertiary/aromatic N) is 6. The molecule has 0 saturated carbocycles. The van der Waals surface area contributed by atoms with Crippen molar-refractivity contribution in [1.29, 1.82) is 0 Å². The van der Waals surface area contributed by atoms with Crippen molar-refractivity contribution in [3.05, 3.63) is 16.7 Å². The molecule has 8 nitrogen and oxygen atoms in total. The van der Waals surface area contributed by atoms with Gasteiger partial charge in [-0.1, -0.05) is 16.5 Å². The second-order valence-electron chi connectivity index (χ2n) is 4.90. The molecule has 0 unspecified atom stereocenters. The van der Waals surface area contributed by atoms with Gasteiger partial charge in [0.2, 0.25) is 11.0 Å². The third-order valence-corrected chi connectivity index (χ3v) is 4.20. The van der Waals surface area contributed by atoms with Gasteiger partial charge in [0.15, 0.2) is 5.82 Å². The van der Waals surface area contributed by atoms with Crippen LogP contribution in [0.2, 0.25) is 0 Å². The van der Waals surface area contributed by atoms with Crippen LogP contribution in [0.4, 0.5) is 5.13 Å². The molecule has 2 aromatic heterocycles. The van der Waals surface area contributed by atoms with Gasteiger partial charge < -0.3 is 14.2 Å². The molecule has 1 aliphatic heterocycles. The Kier molecular flexibility index (Phi) is 4.42. The smallest absolute Gasteiger partial charge is 0.240 e. The number of aryl methyl sites for hydroxylation is 1. The third kappa shape index (κ3) is 3.55. The maximum Gasteiger partial charge on any atom is 0.240 e. The minimum Gasteiger partial charge on any atom is -0.377 e. The van der Waals surface area contributed by atoms with Crippen LogP contribution in [0.3, 0.4) is 0 Å². The average Bonchev–Trinajstić information content (AvgIpc) is 3.10. The fourth-order valence-electron chi connectivity index (χ4n) is 2.24. The molecular weight excluding hydrogens is 292 g/mol. The highest BCUT2D eigenvalue weighted by Gasteiger charge is 2.21. The zero-order valence-corrected chi connectivity index (χ0v) is 13.0. The second kappa shape index (κ2) is 6.46. The SMILES string of the molecule is COCc1noc(CN2CCN(c3nnc(C)s3)CC2)n1. The standard InChI is InChI=1S/C12H18N6O2S/c1-9-14-15-12(21-9)18-5-3-17(4-6-18)7-11-13-10(8-19-2)16-20-11/h3-8H2,1-2H3. The maximum atomic E-state index is 5.22. The lowest BCUT2D eigenvalue weighted by atomic mass is 10.3. The van der Waals surface area contributed by atoms with Gasteiger partial charge in [0.05, 0.1) is 6.54 Å². The van der Waals surface area contributed by atoms with E-state index in [9.17, 15) is 0 Å². The predicted octanol–water partition coefficient (Wildman–Crippen LogP) is 0.698. The van der Waals surface area contributed by atoms with Crippen molar-refractivity contribution in [1.82, 2.24) is 25.2 Å². The van der Waals surface area contributed by atoms with E-state index in [1.165, 1.54) is 0 Å². The Hall–Kier alpha value is -1.58. The quantitative estimate of drug-likeness (QED) is 0.798. The molecule has 0 bridgehead atoms. The Balaban J connectivity index is 1.51. The molecule has 0 N–H and O–H groups in total. The number of ether oxygens (including phenoxy) is 1. The summed E-state index contributed by atoms with van der Waals surface area (Å²) in [6, 6.07) is 0. The Bertz CT molecular complexity index is 578.